The molecule has 0 fully saturated rings. The van der Waals surface area contributed by atoms with E-state index in [1.165, 1.54) is 5.56 Å². The number of nitrogens with zero attached hydrogens (tertiary/aromatic N) is 1. The summed E-state index contributed by atoms with van der Waals surface area (Å²) in [5.74, 6) is 0.0514. The van der Waals surface area contributed by atoms with Gasteiger partial charge in [-0.3, -0.25) is 4.79 Å². The number of carbonyl (C=O) groups is 1. The Hall–Kier alpha value is -1.35. The number of fused-ring (bicyclic) bond motifs is 1. The summed E-state index contributed by atoms with van der Waals surface area (Å²) in [5.41, 5.74) is 8.03. The molecule has 1 heterocycles. The number of amides is 1. The second-order valence-corrected chi connectivity index (χ2v) is 3.93. The van der Waals surface area contributed by atoms with Crippen molar-refractivity contribution in [3.8, 4) is 0 Å². The van der Waals surface area contributed by atoms with Crippen molar-refractivity contribution in [1.29, 1.82) is 0 Å². The fourth-order valence-electron chi connectivity index (χ4n) is 2.04. The summed E-state index contributed by atoms with van der Waals surface area (Å²) in [6, 6.07) is 7.63. The van der Waals surface area contributed by atoms with Crippen LogP contribution in [0.4, 0.5) is 5.69 Å². The molecule has 1 amide bonds. The number of para-hydroxylation sites is 1. The highest BCUT2D eigenvalue weighted by Crippen LogP contribution is 2.26. The molecule has 1 aliphatic rings. The van der Waals surface area contributed by atoms with E-state index < -0.39 is 0 Å². The van der Waals surface area contributed by atoms with E-state index in [2.05, 4.69) is 6.92 Å². The largest absolute Gasteiger partial charge is 0.320 e. The Balaban J connectivity index is 2.40. The number of rotatable bonds is 2. The van der Waals surface area contributed by atoms with Gasteiger partial charge in [0.15, 0.2) is 0 Å². The standard InChI is InChI=1S/C12H16N2O/c1-2-7-14-11-6-4-3-5-9(11)8-10(13)12(14)15/h3-6,10H,2,7-8,13H2,1H3. The lowest BCUT2D eigenvalue weighted by molar-refractivity contribution is -0.120. The molecule has 0 aromatic heterocycles. The number of hydrogen-bond acceptors (Lipinski definition) is 2. The molecule has 80 valence electrons. The average molecular weight is 204 g/mol. The van der Waals surface area contributed by atoms with Gasteiger partial charge in [0.05, 0.1) is 6.04 Å². The Morgan fingerprint density at radius 2 is 2.20 bits per heavy atom. The van der Waals surface area contributed by atoms with E-state index >= 15 is 0 Å². The Morgan fingerprint density at radius 3 is 2.93 bits per heavy atom. The molecule has 15 heavy (non-hydrogen) atoms. The number of carbonyl (C=O) groups excluding carboxylic acids is 1. The van der Waals surface area contributed by atoms with Crippen LogP contribution in [-0.2, 0) is 11.2 Å². The maximum atomic E-state index is 11.9. The van der Waals surface area contributed by atoms with Crippen molar-refractivity contribution >= 4 is 11.6 Å². The molecule has 2 rings (SSSR count). The van der Waals surface area contributed by atoms with Crippen molar-refractivity contribution in [2.75, 3.05) is 11.4 Å². The lowest BCUT2D eigenvalue weighted by Crippen LogP contribution is -2.49. The van der Waals surface area contributed by atoms with Crippen molar-refractivity contribution in [1.82, 2.24) is 0 Å². The van der Waals surface area contributed by atoms with Gasteiger partial charge in [0.1, 0.15) is 0 Å². The zero-order valence-electron chi connectivity index (χ0n) is 8.94. The summed E-state index contributed by atoms with van der Waals surface area (Å²) in [6.45, 7) is 2.82. The van der Waals surface area contributed by atoms with Crippen LogP contribution in [0.5, 0.6) is 0 Å². The van der Waals surface area contributed by atoms with E-state index in [-0.39, 0.29) is 11.9 Å². The molecular weight excluding hydrogens is 188 g/mol. The van der Waals surface area contributed by atoms with E-state index in [0.717, 1.165) is 18.7 Å². The number of anilines is 1. The first kappa shape index (κ1) is 10.2. The summed E-state index contributed by atoms with van der Waals surface area (Å²) < 4.78 is 0. The van der Waals surface area contributed by atoms with Crippen molar-refractivity contribution in [2.45, 2.75) is 25.8 Å². The van der Waals surface area contributed by atoms with Crippen LogP contribution in [0.15, 0.2) is 24.3 Å². The molecule has 1 atom stereocenters. The SMILES string of the molecule is CCCN1C(=O)C(N)Cc2ccccc21. The summed E-state index contributed by atoms with van der Waals surface area (Å²) in [7, 11) is 0. The molecule has 2 N–H and O–H groups in total. The quantitative estimate of drug-likeness (QED) is 0.789. The Bertz CT molecular complexity index is 376. The predicted molar refractivity (Wildman–Crippen MR) is 60.8 cm³/mol. The molecule has 0 radical (unpaired) electrons. The minimum Gasteiger partial charge on any atom is -0.320 e. The fraction of sp³-hybridized carbons (Fsp3) is 0.417. The van der Waals surface area contributed by atoms with Crippen LogP contribution < -0.4 is 10.6 Å². The van der Waals surface area contributed by atoms with Crippen molar-refractivity contribution < 1.29 is 4.79 Å². The molecule has 1 unspecified atom stereocenters. The zero-order chi connectivity index (χ0) is 10.8. The highest BCUT2D eigenvalue weighted by Gasteiger charge is 2.29. The summed E-state index contributed by atoms with van der Waals surface area (Å²) in [6.07, 6.45) is 1.61. The van der Waals surface area contributed by atoms with Gasteiger partial charge in [0, 0.05) is 12.2 Å². The molecule has 0 saturated carbocycles. The van der Waals surface area contributed by atoms with E-state index in [4.69, 9.17) is 5.73 Å². The first-order chi connectivity index (χ1) is 7.24. The highest BCUT2D eigenvalue weighted by atomic mass is 16.2. The molecular formula is C12H16N2O. The summed E-state index contributed by atoms with van der Waals surface area (Å²) in [4.78, 5) is 13.7. The third-order valence-corrected chi connectivity index (χ3v) is 2.75. The smallest absolute Gasteiger partial charge is 0.244 e. The van der Waals surface area contributed by atoms with Gasteiger partial charge < -0.3 is 10.6 Å². The van der Waals surface area contributed by atoms with Crippen molar-refractivity contribution in [2.24, 2.45) is 5.73 Å². The molecule has 0 saturated heterocycles. The lowest BCUT2D eigenvalue weighted by Gasteiger charge is -2.32. The predicted octanol–water partition coefficient (Wildman–Crippen LogP) is 1.31. The van der Waals surface area contributed by atoms with Crippen LogP contribution in [0.25, 0.3) is 0 Å². The van der Waals surface area contributed by atoms with Gasteiger partial charge in [-0.2, -0.15) is 0 Å². The van der Waals surface area contributed by atoms with Crippen LogP contribution in [0.1, 0.15) is 18.9 Å². The topological polar surface area (TPSA) is 46.3 Å². The van der Waals surface area contributed by atoms with Gasteiger partial charge in [-0.25, -0.2) is 0 Å². The second kappa shape index (κ2) is 4.03. The Kier molecular flexibility index (Phi) is 2.73. The van der Waals surface area contributed by atoms with Gasteiger partial charge in [-0.1, -0.05) is 25.1 Å². The van der Waals surface area contributed by atoms with Crippen LogP contribution in [0.2, 0.25) is 0 Å². The third kappa shape index (κ3) is 1.75. The fourth-order valence-corrected chi connectivity index (χ4v) is 2.04. The molecule has 0 aliphatic carbocycles. The van der Waals surface area contributed by atoms with Crippen molar-refractivity contribution in [3.05, 3.63) is 29.8 Å². The molecule has 0 bridgehead atoms. The number of nitrogens with two attached hydrogens (primary N) is 1. The van der Waals surface area contributed by atoms with Crippen LogP contribution in [0, 0.1) is 0 Å². The molecule has 3 heteroatoms. The zero-order valence-corrected chi connectivity index (χ0v) is 8.94. The van der Waals surface area contributed by atoms with Crippen LogP contribution in [0.3, 0.4) is 0 Å². The van der Waals surface area contributed by atoms with E-state index in [1.54, 1.807) is 0 Å². The van der Waals surface area contributed by atoms with Crippen LogP contribution in [-0.4, -0.2) is 18.5 Å². The number of benzene rings is 1. The van der Waals surface area contributed by atoms with Gasteiger partial charge in [-0.15, -0.1) is 0 Å². The van der Waals surface area contributed by atoms with Gasteiger partial charge in [0.25, 0.3) is 0 Å². The normalized spacial score (nSPS) is 20.3. The molecule has 1 aliphatic heterocycles. The minimum atomic E-state index is -0.369. The Labute approximate surface area is 89.9 Å². The van der Waals surface area contributed by atoms with Gasteiger partial charge >= 0.3 is 0 Å². The Morgan fingerprint density at radius 1 is 1.47 bits per heavy atom. The van der Waals surface area contributed by atoms with E-state index in [9.17, 15) is 4.79 Å². The average Bonchev–Trinajstić information content (AvgIpc) is 2.25. The van der Waals surface area contributed by atoms with Crippen molar-refractivity contribution in [3.63, 3.8) is 0 Å². The summed E-state index contributed by atoms with van der Waals surface area (Å²) in [5, 5.41) is 0. The second-order valence-electron chi connectivity index (χ2n) is 3.93. The summed E-state index contributed by atoms with van der Waals surface area (Å²) >= 11 is 0. The molecule has 1 aromatic rings. The molecule has 3 nitrogen and oxygen atoms in total. The third-order valence-electron chi connectivity index (χ3n) is 2.75. The first-order valence-corrected chi connectivity index (χ1v) is 5.39. The van der Waals surface area contributed by atoms with Gasteiger partial charge in [-0.05, 0) is 24.5 Å². The maximum absolute atomic E-state index is 11.9. The lowest BCUT2D eigenvalue weighted by atomic mass is 9.97. The molecule has 1 aromatic carbocycles. The first-order valence-electron chi connectivity index (χ1n) is 5.39. The monoisotopic (exact) mass is 204 g/mol. The highest BCUT2D eigenvalue weighted by molar-refractivity contribution is 6.00. The van der Waals surface area contributed by atoms with E-state index in [0.29, 0.717) is 6.42 Å². The van der Waals surface area contributed by atoms with E-state index in [1.807, 2.05) is 29.2 Å². The van der Waals surface area contributed by atoms with Crippen LogP contribution >= 0.6 is 0 Å². The maximum Gasteiger partial charge on any atom is 0.244 e. The number of hydrogen-bond donors (Lipinski definition) is 1. The molecule has 0 spiro atoms. The minimum absolute atomic E-state index is 0.0514. The van der Waals surface area contributed by atoms with Gasteiger partial charge in [0.2, 0.25) is 5.91 Å².